The van der Waals surface area contributed by atoms with Crippen LogP contribution in [0.2, 0.25) is 0 Å². The molecule has 0 bridgehead atoms. The number of methoxy groups -OCH3 is 2. The van der Waals surface area contributed by atoms with E-state index in [1.807, 2.05) is 13.8 Å². The summed E-state index contributed by atoms with van der Waals surface area (Å²) >= 11 is 0. The van der Waals surface area contributed by atoms with Crippen molar-refractivity contribution in [3.05, 3.63) is 59.4 Å². The summed E-state index contributed by atoms with van der Waals surface area (Å²) in [5.41, 5.74) is 3.33. The van der Waals surface area contributed by atoms with Gasteiger partial charge in [0, 0.05) is 12.1 Å². The van der Waals surface area contributed by atoms with Crippen molar-refractivity contribution in [1.82, 2.24) is 10.2 Å². The SMILES string of the molecule is COc1ccc(S(=O)(=O)Nc2ccccc2OC)cc1NC(=O)CCc1c(C)n[nH]c1C. The number of hydrogen-bond donors (Lipinski definition) is 3. The summed E-state index contributed by atoms with van der Waals surface area (Å²) in [6.45, 7) is 3.78. The van der Waals surface area contributed by atoms with Crippen LogP contribution in [0.3, 0.4) is 0 Å². The summed E-state index contributed by atoms with van der Waals surface area (Å²) in [6.07, 6.45) is 0.719. The molecule has 0 aliphatic heterocycles. The van der Waals surface area contributed by atoms with Crippen molar-refractivity contribution in [2.24, 2.45) is 0 Å². The highest BCUT2D eigenvalue weighted by atomic mass is 32.2. The Labute approximate surface area is 187 Å². The van der Waals surface area contributed by atoms with Crippen LogP contribution < -0.4 is 19.5 Å². The monoisotopic (exact) mass is 458 g/mol. The second-order valence-electron chi connectivity index (χ2n) is 7.13. The molecule has 1 heterocycles. The zero-order valence-corrected chi connectivity index (χ0v) is 19.2. The molecule has 3 N–H and O–H groups in total. The van der Waals surface area contributed by atoms with Crippen LogP contribution in [0.1, 0.15) is 23.4 Å². The summed E-state index contributed by atoms with van der Waals surface area (Å²) in [6, 6.07) is 11.0. The number of carbonyl (C=O) groups excluding carboxylic acids is 1. The highest BCUT2D eigenvalue weighted by molar-refractivity contribution is 7.92. The van der Waals surface area contributed by atoms with Gasteiger partial charge in [-0.05, 0) is 56.2 Å². The number of anilines is 2. The first-order chi connectivity index (χ1) is 15.2. The second-order valence-corrected chi connectivity index (χ2v) is 8.81. The average molecular weight is 459 g/mol. The molecule has 0 saturated carbocycles. The fraction of sp³-hybridized carbons (Fsp3) is 0.273. The summed E-state index contributed by atoms with van der Waals surface area (Å²) in [4.78, 5) is 12.5. The molecule has 0 spiro atoms. The lowest BCUT2D eigenvalue weighted by atomic mass is 10.1. The minimum atomic E-state index is -3.94. The van der Waals surface area contributed by atoms with E-state index in [1.54, 1.807) is 24.3 Å². The Bertz CT molecular complexity index is 1200. The number of rotatable bonds is 9. The van der Waals surface area contributed by atoms with Crippen molar-refractivity contribution in [2.45, 2.75) is 31.6 Å². The van der Waals surface area contributed by atoms with Gasteiger partial charge in [-0.15, -0.1) is 0 Å². The zero-order chi connectivity index (χ0) is 23.3. The molecule has 0 atom stereocenters. The average Bonchev–Trinajstić information content (AvgIpc) is 3.09. The van der Waals surface area contributed by atoms with E-state index in [1.165, 1.54) is 32.4 Å². The smallest absolute Gasteiger partial charge is 0.262 e. The van der Waals surface area contributed by atoms with Crippen molar-refractivity contribution in [2.75, 3.05) is 24.3 Å². The lowest BCUT2D eigenvalue weighted by Gasteiger charge is -2.14. The normalized spacial score (nSPS) is 11.1. The minimum absolute atomic E-state index is 0.0268. The molecular weight excluding hydrogens is 432 g/mol. The molecule has 1 amide bonds. The number of amides is 1. The van der Waals surface area contributed by atoms with Gasteiger partial charge in [-0.2, -0.15) is 5.10 Å². The molecule has 0 fully saturated rings. The largest absolute Gasteiger partial charge is 0.495 e. The third kappa shape index (κ3) is 5.20. The number of sulfonamides is 1. The number of aromatic nitrogens is 2. The number of carbonyl (C=O) groups is 1. The van der Waals surface area contributed by atoms with Gasteiger partial charge in [0.05, 0.1) is 36.2 Å². The molecule has 10 heteroatoms. The van der Waals surface area contributed by atoms with Crippen molar-refractivity contribution < 1.29 is 22.7 Å². The van der Waals surface area contributed by atoms with E-state index in [0.29, 0.717) is 23.6 Å². The molecule has 3 rings (SSSR count). The van der Waals surface area contributed by atoms with Crippen LogP contribution in [0, 0.1) is 13.8 Å². The summed E-state index contributed by atoms with van der Waals surface area (Å²) in [7, 11) is -1.03. The van der Waals surface area contributed by atoms with Gasteiger partial charge in [0.2, 0.25) is 5.91 Å². The van der Waals surface area contributed by atoms with E-state index >= 15 is 0 Å². The van der Waals surface area contributed by atoms with Gasteiger partial charge in [0.1, 0.15) is 11.5 Å². The minimum Gasteiger partial charge on any atom is -0.495 e. The van der Waals surface area contributed by atoms with Gasteiger partial charge in [-0.3, -0.25) is 14.6 Å². The van der Waals surface area contributed by atoms with Crippen LogP contribution in [-0.4, -0.2) is 38.7 Å². The third-order valence-electron chi connectivity index (χ3n) is 4.99. The summed E-state index contributed by atoms with van der Waals surface area (Å²) in [5.74, 6) is 0.476. The Hall–Kier alpha value is -3.53. The lowest BCUT2D eigenvalue weighted by molar-refractivity contribution is -0.116. The molecule has 0 radical (unpaired) electrons. The number of para-hydroxylation sites is 2. The Morgan fingerprint density at radius 1 is 1.03 bits per heavy atom. The molecule has 0 aliphatic carbocycles. The van der Waals surface area contributed by atoms with Gasteiger partial charge in [0.25, 0.3) is 10.0 Å². The predicted molar refractivity (Wildman–Crippen MR) is 122 cm³/mol. The molecule has 1 aromatic heterocycles. The predicted octanol–water partition coefficient (Wildman–Crippen LogP) is 3.42. The second kappa shape index (κ2) is 9.73. The van der Waals surface area contributed by atoms with Crippen LogP contribution in [0.25, 0.3) is 0 Å². The summed E-state index contributed by atoms with van der Waals surface area (Å²) < 4.78 is 38.9. The van der Waals surface area contributed by atoms with Crippen molar-refractivity contribution in [3.8, 4) is 11.5 Å². The fourth-order valence-electron chi connectivity index (χ4n) is 3.28. The zero-order valence-electron chi connectivity index (χ0n) is 18.4. The molecule has 32 heavy (non-hydrogen) atoms. The van der Waals surface area contributed by atoms with Gasteiger partial charge in [-0.25, -0.2) is 8.42 Å². The Balaban J connectivity index is 1.79. The van der Waals surface area contributed by atoms with Crippen LogP contribution >= 0.6 is 0 Å². The van der Waals surface area contributed by atoms with E-state index in [-0.39, 0.29) is 22.9 Å². The maximum Gasteiger partial charge on any atom is 0.262 e. The molecule has 9 nitrogen and oxygen atoms in total. The lowest BCUT2D eigenvalue weighted by Crippen LogP contribution is -2.16. The quantitative estimate of drug-likeness (QED) is 0.452. The molecule has 0 saturated heterocycles. The first-order valence-electron chi connectivity index (χ1n) is 9.89. The molecule has 3 aromatic rings. The van der Waals surface area contributed by atoms with Crippen LogP contribution in [0.15, 0.2) is 47.4 Å². The summed E-state index contributed by atoms with van der Waals surface area (Å²) in [5, 5.41) is 9.78. The van der Waals surface area contributed by atoms with Crippen LogP contribution in [0.4, 0.5) is 11.4 Å². The van der Waals surface area contributed by atoms with E-state index < -0.39 is 10.0 Å². The third-order valence-corrected chi connectivity index (χ3v) is 6.35. The number of hydrogen-bond acceptors (Lipinski definition) is 6. The number of ether oxygens (including phenoxy) is 2. The molecule has 2 aromatic carbocycles. The van der Waals surface area contributed by atoms with E-state index in [9.17, 15) is 13.2 Å². The Morgan fingerprint density at radius 2 is 1.72 bits per heavy atom. The van der Waals surface area contributed by atoms with Crippen molar-refractivity contribution in [1.29, 1.82) is 0 Å². The maximum absolute atomic E-state index is 12.9. The number of aromatic amines is 1. The standard InChI is InChI=1S/C22H26N4O5S/c1-14-17(15(2)25-24-14)10-12-22(27)23-19-13-16(9-11-21(19)31-4)32(28,29)26-18-7-5-6-8-20(18)30-3/h5-9,11,13,26H,10,12H2,1-4H3,(H,23,27)(H,24,25). The van der Waals surface area contributed by atoms with Gasteiger partial charge in [-0.1, -0.05) is 12.1 Å². The first-order valence-corrected chi connectivity index (χ1v) is 11.4. The highest BCUT2D eigenvalue weighted by Gasteiger charge is 2.19. The van der Waals surface area contributed by atoms with E-state index in [0.717, 1.165) is 17.0 Å². The van der Waals surface area contributed by atoms with Crippen molar-refractivity contribution in [3.63, 3.8) is 0 Å². The Kier molecular flexibility index (Phi) is 7.04. The molecule has 0 unspecified atom stereocenters. The maximum atomic E-state index is 12.9. The molecular formula is C22H26N4O5S. The van der Waals surface area contributed by atoms with E-state index in [2.05, 4.69) is 20.2 Å². The Morgan fingerprint density at radius 3 is 2.38 bits per heavy atom. The van der Waals surface area contributed by atoms with Crippen LogP contribution in [-0.2, 0) is 21.2 Å². The molecule has 0 aliphatic rings. The van der Waals surface area contributed by atoms with Crippen molar-refractivity contribution >= 4 is 27.3 Å². The number of aryl methyl sites for hydroxylation is 2. The van der Waals surface area contributed by atoms with Crippen LogP contribution in [0.5, 0.6) is 11.5 Å². The number of nitrogens with zero attached hydrogens (tertiary/aromatic N) is 1. The number of H-pyrrole nitrogens is 1. The highest BCUT2D eigenvalue weighted by Crippen LogP contribution is 2.30. The van der Waals surface area contributed by atoms with E-state index in [4.69, 9.17) is 9.47 Å². The number of benzene rings is 2. The van der Waals surface area contributed by atoms with Gasteiger partial charge < -0.3 is 14.8 Å². The van der Waals surface area contributed by atoms with Gasteiger partial charge >= 0.3 is 0 Å². The molecule has 170 valence electrons. The number of nitrogens with one attached hydrogen (secondary N) is 3. The topological polar surface area (TPSA) is 122 Å². The fourth-order valence-corrected chi connectivity index (χ4v) is 4.37. The first kappa shape index (κ1) is 23.1. The van der Waals surface area contributed by atoms with Gasteiger partial charge in [0.15, 0.2) is 0 Å².